The number of nitrogens with one attached hydrogen (secondary N) is 1. The molecule has 0 aromatic heterocycles. The molecule has 1 aliphatic heterocycles. The van der Waals surface area contributed by atoms with Gasteiger partial charge in [-0.05, 0) is 4.59 Å². The minimum absolute atomic E-state index is 0.197. The van der Waals surface area contributed by atoms with Gasteiger partial charge in [0.15, 0.2) is 5.69 Å². The third kappa shape index (κ3) is 1.48. The molecule has 0 bridgehead atoms. The summed E-state index contributed by atoms with van der Waals surface area (Å²) in [5.41, 5.74) is 0.790. The molecule has 1 atom stereocenters. The maximum Gasteiger partial charge on any atom is 0.453 e. The molecular weight excluding hydrogens is 270 g/mol. The fourth-order valence-electron chi connectivity index (χ4n) is 1.62. The van der Waals surface area contributed by atoms with E-state index in [1.807, 2.05) is 30.3 Å². The first-order valence-electron chi connectivity index (χ1n) is 4.80. The Morgan fingerprint density at radius 2 is 2.06 bits per heavy atom. The summed E-state index contributed by atoms with van der Waals surface area (Å²) < 4.78 is 0.496. The van der Waals surface area contributed by atoms with Crippen LogP contribution in [0.1, 0.15) is 0 Å². The largest absolute Gasteiger partial charge is 0.453 e. The Morgan fingerprint density at radius 1 is 1.38 bits per heavy atom. The molecule has 0 saturated carbocycles. The van der Waals surface area contributed by atoms with Crippen LogP contribution in [0.25, 0.3) is 0 Å². The number of quaternary nitrogens is 1. The fraction of sp³-hybridized carbons (Fsp3) is 0.0909. The predicted octanol–water partition coefficient (Wildman–Crippen LogP) is 2.57. The van der Waals surface area contributed by atoms with Gasteiger partial charge in [0.05, 0.1) is 6.21 Å². The second-order valence-corrected chi connectivity index (χ2v) is 4.09. The number of rotatable bonds is 1. The van der Waals surface area contributed by atoms with Crippen molar-refractivity contribution in [2.24, 2.45) is 5.10 Å². The number of benzene rings is 1. The minimum Gasteiger partial charge on any atom is -0.306 e. The lowest BCUT2D eigenvalue weighted by molar-refractivity contribution is 0.219. The van der Waals surface area contributed by atoms with E-state index in [-0.39, 0.29) is 10.6 Å². The number of carbonyl (C=O) groups is 1. The molecule has 1 aromatic carbocycles. The van der Waals surface area contributed by atoms with Gasteiger partial charge < -0.3 is 5.32 Å². The van der Waals surface area contributed by atoms with E-state index in [9.17, 15) is 4.79 Å². The second-order valence-electron chi connectivity index (χ2n) is 3.28. The Labute approximate surface area is 102 Å². The van der Waals surface area contributed by atoms with E-state index in [1.54, 1.807) is 19.3 Å². The van der Waals surface area contributed by atoms with Crippen LogP contribution in [0.4, 0.5) is 10.5 Å². The number of carbonyl (C=O) groups excluding carboxylic acids is 1. The average molecular weight is 281 g/mol. The third-order valence-electron chi connectivity index (χ3n) is 2.40. The molecule has 0 fully saturated rings. The number of hydrogen-bond acceptors (Lipinski definition) is 2. The van der Waals surface area contributed by atoms with E-state index >= 15 is 0 Å². The van der Waals surface area contributed by atoms with Gasteiger partial charge in [0.2, 0.25) is 4.61 Å². The number of para-hydroxylation sites is 1. The summed E-state index contributed by atoms with van der Waals surface area (Å²) in [6.45, 7) is 0. The van der Waals surface area contributed by atoms with Gasteiger partial charge in [-0.15, -0.1) is 0 Å². The van der Waals surface area contributed by atoms with Crippen molar-refractivity contribution in [1.29, 1.82) is 0 Å². The van der Waals surface area contributed by atoms with Crippen LogP contribution in [-0.4, -0.2) is 19.3 Å². The summed E-state index contributed by atoms with van der Waals surface area (Å²) in [6, 6.07) is 9.20. The zero-order valence-corrected chi connectivity index (χ0v) is 10.3. The normalized spacial score (nSPS) is 23.0. The highest BCUT2D eigenvalue weighted by molar-refractivity contribution is 9.11. The smallest absolute Gasteiger partial charge is 0.306 e. The van der Waals surface area contributed by atoms with Crippen LogP contribution < -0.4 is 9.91 Å². The maximum atomic E-state index is 12.0. The first-order chi connectivity index (χ1) is 7.71. The lowest BCUT2D eigenvalue weighted by Crippen LogP contribution is -2.50. The highest BCUT2D eigenvalue weighted by Gasteiger charge is 2.45. The Bertz CT molecular complexity index is 469. The summed E-state index contributed by atoms with van der Waals surface area (Å²) in [5.74, 6) is 0. The summed E-state index contributed by atoms with van der Waals surface area (Å²) in [7, 11) is 1.60. The van der Waals surface area contributed by atoms with Gasteiger partial charge in [0.25, 0.3) is 0 Å². The molecular formula is C11H11BrN3O+. The number of allylic oxidation sites excluding steroid dienone is 1. The standard InChI is InChI=1S/C11H10BrN3O/c1-13-11(16)15(10(12)7-8-14-15)9-5-3-2-4-6-9/h2-8H,1H3/p+1. The summed E-state index contributed by atoms with van der Waals surface area (Å²) in [5, 5.41) is 6.88. The van der Waals surface area contributed by atoms with Crippen molar-refractivity contribution in [2.75, 3.05) is 7.05 Å². The first kappa shape index (κ1) is 11.0. The molecule has 1 unspecified atom stereocenters. The van der Waals surface area contributed by atoms with Crippen molar-refractivity contribution in [2.45, 2.75) is 0 Å². The van der Waals surface area contributed by atoms with Gasteiger partial charge in [-0.25, -0.2) is 4.79 Å². The van der Waals surface area contributed by atoms with E-state index < -0.39 is 0 Å². The van der Waals surface area contributed by atoms with Crippen LogP contribution in [0.3, 0.4) is 0 Å². The Morgan fingerprint density at radius 3 is 2.56 bits per heavy atom. The molecule has 0 saturated heterocycles. The molecule has 0 radical (unpaired) electrons. The molecule has 4 nitrogen and oxygen atoms in total. The second kappa shape index (κ2) is 4.19. The Balaban J connectivity index is 2.57. The number of urea groups is 1. The first-order valence-corrected chi connectivity index (χ1v) is 5.60. The van der Waals surface area contributed by atoms with Gasteiger partial charge in [0.1, 0.15) is 0 Å². The summed E-state index contributed by atoms with van der Waals surface area (Å²) in [6.07, 6.45) is 3.38. The minimum atomic E-state index is -0.205. The van der Waals surface area contributed by atoms with Crippen molar-refractivity contribution in [3.8, 4) is 0 Å². The fourth-order valence-corrected chi connectivity index (χ4v) is 2.20. The predicted molar refractivity (Wildman–Crippen MR) is 68.2 cm³/mol. The van der Waals surface area contributed by atoms with Gasteiger partial charge >= 0.3 is 6.03 Å². The van der Waals surface area contributed by atoms with Crippen molar-refractivity contribution in [1.82, 2.24) is 9.91 Å². The zero-order chi connectivity index (χ0) is 11.6. The summed E-state index contributed by atoms with van der Waals surface area (Å²) in [4.78, 5) is 12.0. The van der Waals surface area contributed by atoms with E-state index in [4.69, 9.17) is 0 Å². The van der Waals surface area contributed by atoms with Crippen molar-refractivity contribution >= 4 is 33.9 Å². The summed E-state index contributed by atoms with van der Waals surface area (Å²) >= 11 is 3.39. The molecule has 2 amide bonds. The lowest BCUT2D eigenvalue weighted by Gasteiger charge is -2.24. The van der Waals surface area contributed by atoms with Crippen LogP contribution in [-0.2, 0) is 0 Å². The zero-order valence-electron chi connectivity index (χ0n) is 8.72. The van der Waals surface area contributed by atoms with Gasteiger partial charge in [-0.2, -0.15) is 0 Å². The molecule has 0 spiro atoms. The van der Waals surface area contributed by atoms with Crippen molar-refractivity contribution in [3.63, 3.8) is 0 Å². The van der Waals surface area contributed by atoms with E-state index in [0.717, 1.165) is 5.69 Å². The average Bonchev–Trinajstić information content (AvgIpc) is 2.72. The maximum absolute atomic E-state index is 12.0. The topological polar surface area (TPSA) is 41.5 Å². The molecule has 1 heterocycles. The lowest BCUT2D eigenvalue weighted by atomic mass is 10.3. The highest BCUT2D eigenvalue weighted by Crippen LogP contribution is 2.35. The van der Waals surface area contributed by atoms with Crippen LogP contribution in [0.2, 0.25) is 0 Å². The SMILES string of the molecule is CNC(=O)[N+]1(c2ccccc2)N=CC=C1Br. The van der Waals surface area contributed by atoms with E-state index in [2.05, 4.69) is 26.3 Å². The highest BCUT2D eigenvalue weighted by atomic mass is 79.9. The van der Waals surface area contributed by atoms with Crippen LogP contribution in [0.5, 0.6) is 0 Å². The monoisotopic (exact) mass is 280 g/mol. The number of halogens is 1. The van der Waals surface area contributed by atoms with Crippen LogP contribution in [0.15, 0.2) is 46.1 Å². The molecule has 5 heteroatoms. The molecule has 0 aliphatic carbocycles. The molecule has 1 aromatic rings. The molecule has 16 heavy (non-hydrogen) atoms. The van der Waals surface area contributed by atoms with Gasteiger partial charge in [-0.1, -0.05) is 23.3 Å². The number of hydrogen-bond donors (Lipinski definition) is 1. The molecule has 2 rings (SSSR count). The van der Waals surface area contributed by atoms with E-state index in [0.29, 0.717) is 4.61 Å². The van der Waals surface area contributed by atoms with E-state index in [1.165, 1.54) is 0 Å². The Kier molecular flexibility index (Phi) is 2.89. The number of amides is 2. The third-order valence-corrected chi connectivity index (χ3v) is 3.18. The molecule has 82 valence electrons. The van der Waals surface area contributed by atoms with Gasteiger partial charge in [0, 0.05) is 41.2 Å². The van der Waals surface area contributed by atoms with Crippen LogP contribution in [0, 0.1) is 0 Å². The Hall–Kier alpha value is -1.46. The number of nitrogens with zero attached hydrogens (tertiary/aromatic N) is 2. The van der Waals surface area contributed by atoms with Crippen molar-refractivity contribution < 1.29 is 4.79 Å². The molecule has 1 aliphatic rings. The van der Waals surface area contributed by atoms with Crippen molar-refractivity contribution in [3.05, 3.63) is 41.0 Å². The van der Waals surface area contributed by atoms with Gasteiger partial charge in [-0.3, -0.25) is 0 Å². The van der Waals surface area contributed by atoms with Crippen LogP contribution >= 0.6 is 15.9 Å². The quantitative estimate of drug-likeness (QED) is 0.624. The molecule has 1 N–H and O–H groups in total.